The molecule has 0 atom stereocenters. The summed E-state index contributed by atoms with van der Waals surface area (Å²) in [5, 5.41) is 1.60. The highest BCUT2D eigenvalue weighted by Gasteiger charge is 2.11. The minimum absolute atomic E-state index is 0.489. The van der Waals surface area contributed by atoms with Crippen LogP contribution in [0.4, 0.5) is 0 Å². The van der Waals surface area contributed by atoms with E-state index in [1.165, 1.54) is 0 Å². The van der Waals surface area contributed by atoms with Gasteiger partial charge in [-0.25, -0.2) is 0 Å². The minimum Gasteiger partial charge on any atom is -0.486 e. The molecule has 2 nitrogen and oxygen atoms in total. The fourth-order valence-corrected chi connectivity index (χ4v) is 2.65. The molecule has 17 heavy (non-hydrogen) atoms. The van der Waals surface area contributed by atoms with Crippen molar-refractivity contribution in [2.75, 3.05) is 6.61 Å². The number of pyridine rings is 1. The highest BCUT2D eigenvalue weighted by molar-refractivity contribution is 14.1. The smallest absolute Gasteiger partial charge is 0.159 e. The van der Waals surface area contributed by atoms with E-state index in [0.29, 0.717) is 11.6 Å². The average Bonchev–Trinajstić information content (AvgIpc) is 2.28. The molecule has 0 fully saturated rings. The summed E-state index contributed by atoms with van der Waals surface area (Å²) in [6, 6.07) is 5.69. The van der Waals surface area contributed by atoms with Crippen molar-refractivity contribution in [2.45, 2.75) is 6.92 Å². The van der Waals surface area contributed by atoms with Gasteiger partial charge in [-0.3, -0.25) is 4.98 Å². The summed E-state index contributed by atoms with van der Waals surface area (Å²) in [7, 11) is 0. The molecule has 0 unspecified atom stereocenters. The van der Waals surface area contributed by atoms with Gasteiger partial charge in [-0.15, -0.1) is 0 Å². The number of benzene rings is 1. The number of ether oxygens (including phenoxy) is 1. The maximum atomic E-state index is 6.18. The van der Waals surface area contributed by atoms with E-state index in [2.05, 4.69) is 34.2 Å². The van der Waals surface area contributed by atoms with E-state index < -0.39 is 0 Å². The van der Waals surface area contributed by atoms with Crippen LogP contribution in [0, 0.1) is 3.57 Å². The topological polar surface area (TPSA) is 22.1 Å². The van der Waals surface area contributed by atoms with Gasteiger partial charge in [-0.05, 0) is 53.3 Å². The van der Waals surface area contributed by atoms with Gasteiger partial charge in [0.25, 0.3) is 0 Å². The highest BCUT2D eigenvalue weighted by Crippen LogP contribution is 2.34. The van der Waals surface area contributed by atoms with Gasteiger partial charge in [0.1, 0.15) is 12.1 Å². The first kappa shape index (κ1) is 12.6. The highest BCUT2D eigenvalue weighted by atomic mass is 127. The number of hydrogen-bond donors (Lipinski definition) is 0. The van der Waals surface area contributed by atoms with Crippen LogP contribution in [0.2, 0.25) is 5.02 Å². The van der Waals surface area contributed by atoms with Crippen molar-refractivity contribution < 1.29 is 4.74 Å². The lowest BCUT2D eigenvalue weighted by molar-refractivity contribution is 0.354. The van der Waals surface area contributed by atoms with Crippen LogP contribution in [0.5, 0.6) is 5.75 Å². The molecule has 0 saturated carbocycles. The van der Waals surface area contributed by atoms with Crippen molar-refractivity contribution in [3.05, 3.63) is 45.1 Å². The van der Waals surface area contributed by atoms with Gasteiger partial charge in [0.05, 0.1) is 8.59 Å². The molecule has 88 valence electrons. The molecule has 0 N–H and O–H groups in total. The lowest BCUT2D eigenvalue weighted by Gasteiger charge is -2.11. The predicted molar refractivity (Wildman–Crippen MR) is 79.8 cm³/mol. The third-order valence-corrected chi connectivity index (χ3v) is 3.33. The van der Waals surface area contributed by atoms with Crippen molar-refractivity contribution in [2.24, 2.45) is 0 Å². The molecule has 0 aliphatic heterocycles. The van der Waals surface area contributed by atoms with Crippen LogP contribution in [0.15, 0.2) is 36.5 Å². The molecular formula is C13H11ClINO. The zero-order valence-corrected chi connectivity index (χ0v) is 12.2. The number of aromatic nitrogens is 1. The Labute approximate surface area is 119 Å². The van der Waals surface area contributed by atoms with Crippen LogP contribution in [0.1, 0.15) is 6.92 Å². The SMILES string of the molecule is C=C(C)COc1c(I)cc(Cl)c2cccnc12. The normalized spacial score (nSPS) is 10.5. The van der Waals surface area contributed by atoms with Crippen LogP contribution >= 0.6 is 34.2 Å². The first-order chi connectivity index (χ1) is 8.09. The summed E-state index contributed by atoms with van der Waals surface area (Å²) in [4.78, 5) is 4.34. The van der Waals surface area contributed by atoms with E-state index >= 15 is 0 Å². The number of rotatable bonds is 3. The molecular weight excluding hydrogens is 349 g/mol. The Kier molecular flexibility index (Phi) is 3.89. The summed E-state index contributed by atoms with van der Waals surface area (Å²) in [6.45, 7) is 6.24. The first-order valence-corrected chi connectivity index (χ1v) is 6.55. The van der Waals surface area contributed by atoms with Crippen molar-refractivity contribution >= 4 is 45.1 Å². The molecule has 0 aliphatic carbocycles. The number of nitrogens with zero attached hydrogens (tertiary/aromatic N) is 1. The van der Waals surface area contributed by atoms with Crippen LogP contribution < -0.4 is 4.74 Å². The van der Waals surface area contributed by atoms with E-state index in [1.807, 2.05) is 25.1 Å². The maximum Gasteiger partial charge on any atom is 0.159 e. The zero-order chi connectivity index (χ0) is 12.4. The van der Waals surface area contributed by atoms with Crippen molar-refractivity contribution in [1.82, 2.24) is 4.98 Å². The van der Waals surface area contributed by atoms with E-state index in [9.17, 15) is 0 Å². The van der Waals surface area contributed by atoms with Gasteiger partial charge < -0.3 is 4.74 Å². The Bertz CT molecular complexity index is 583. The fraction of sp³-hybridized carbons (Fsp3) is 0.154. The summed E-state index contributed by atoms with van der Waals surface area (Å²) < 4.78 is 6.70. The summed E-state index contributed by atoms with van der Waals surface area (Å²) in [5.74, 6) is 0.772. The lowest BCUT2D eigenvalue weighted by Crippen LogP contribution is -2.01. The second kappa shape index (κ2) is 5.23. The minimum atomic E-state index is 0.489. The second-order valence-corrected chi connectivity index (χ2v) is 5.38. The summed E-state index contributed by atoms with van der Waals surface area (Å²) in [6.07, 6.45) is 1.74. The van der Waals surface area contributed by atoms with Crippen LogP contribution in [0.25, 0.3) is 10.9 Å². The zero-order valence-electron chi connectivity index (χ0n) is 9.34. The molecule has 4 heteroatoms. The van der Waals surface area contributed by atoms with Gasteiger partial charge in [-0.2, -0.15) is 0 Å². The van der Waals surface area contributed by atoms with Crippen molar-refractivity contribution in [3.63, 3.8) is 0 Å². The van der Waals surface area contributed by atoms with Crippen LogP contribution in [-0.4, -0.2) is 11.6 Å². The van der Waals surface area contributed by atoms with E-state index in [-0.39, 0.29) is 0 Å². The van der Waals surface area contributed by atoms with Gasteiger partial charge in [0.2, 0.25) is 0 Å². The molecule has 1 aromatic carbocycles. The molecule has 0 radical (unpaired) electrons. The van der Waals surface area contributed by atoms with Crippen LogP contribution in [-0.2, 0) is 0 Å². The number of halogens is 2. The van der Waals surface area contributed by atoms with Crippen molar-refractivity contribution in [3.8, 4) is 5.75 Å². The quantitative estimate of drug-likeness (QED) is 0.597. The molecule has 2 aromatic rings. The third kappa shape index (κ3) is 2.72. The van der Waals surface area contributed by atoms with Crippen LogP contribution in [0.3, 0.4) is 0 Å². The monoisotopic (exact) mass is 359 g/mol. The molecule has 1 heterocycles. The Hall–Kier alpha value is -0.810. The fourth-order valence-electron chi connectivity index (χ4n) is 1.48. The Morgan fingerprint density at radius 1 is 1.59 bits per heavy atom. The maximum absolute atomic E-state index is 6.18. The van der Waals surface area contributed by atoms with Gasteiger partial charge >= 0.3 is 0 Å². The van der Waals surface area contributed by atoms with Gasteiger partial charge in [0.15, 0.2) is 5.75 Å². The second-order valence-electron chi connectivity index (χ2n) is 3.81. The van der Waals surface area contributed by atoms with Crippen molar-refractivity contribution in [1.29, 1.82) is 0 Å². The number of fused-ring (bicyclic) bond motifs is 1. The van der Waals surface area contributed by atoms with Gasteiger partial charge in [-0.1, -0.05) is 18.2 Å². The van der Waals surface area contributed by atoms with Gasteiger partial charge in [0, 0.05) is 11.6 Å². The summed E-state index contributed by atoms with van der Waals surface area (Å²) >= 11 is 8.38. The number of hydrogen-bond acceptors (Lipinski definition) is 2. The molecule has 1 aromatic heterocycles. The first-order valence-electron chi connectivity index (χ1n) is 5.09. The molecule has 0 saturated heterocycles. The average molecular weight is 360 g/mol. The largest absolute Gasteiger partial charge is 0.486 e. The third-order valence-electron chi connectivity index (χ3n) is 2.21. The molecule has 2 rings (SSSR count). The Morgan fingerprint density at radius 3 is 3.06 bits per heavy atom. The van der Waals surface area contributed by atoms with E-state index in [0.717, 1.165) is 25.8 Å². The lowest BCUT2D eigenvalue weighted by atomic mass is 10.2. The molecule has 0 bridgehead atoms. The van der Waals surface area contributed by atoms with E-state index in [1.54, 1.807) is 6.20 Å². The van der Waals surface area contributed by atoms with E-state index in [4.69, 9.17) is 16.3 Å². The molecule has 0 amide bonds. The summed E-state index contributed by atoms with van der Waals surface area (Å²) in [5.41, 5.74) is 1.77. The predicted octanol–water partition coefficient (Wildman–Crippen LogP) is 4.45. The molecule has 0 aliphatic rings. The molecule has 0 spiro atoms. The Morgan fingerprint density at radius 2 is 2.35 bits per heavy atom. The Balaban J connectivity index is 2.57. The standard InChI is InChI=1S/C13H11ClINO/c1-8(2)7-17-13-11(15)6-10(14)9-4-3-5-16-12(9)13/h3-6H,1,7H2,2H3.